The molecular formula is C12H15FN4O. The number of rotatable bonds is 5. The van der Waals surface area contributed by atoms with Crippen LogP contribution in [0.3, 0.4) is 0 Å². The molecule has 1 aromatic rings. The fraction of sp³-hybridized carbons (Fsp3) is 0.250. The van der Waals surface area contributed by atoms with Crippen molar-refractivity contribution in [3.63, 3.8) is 0 Å². The zero-order valence-corrected chi connectivity index (χ0v) is 10.1. The summed E-state index contributed by atoms with van der Waals surface area (Å²) in [6.07, 6.45) is 4.14. The lowest BCUT2D eigenvalue weighted by molar-refractivity contribution is -0.120. The molecule has 0 spiro atoms. The van der Waals surface area contributed by atoms with Gasteiger partial charge in [-0.25, -0.2) is 14.4 Å². The highest BCUT2D eigenvalue weighted by atomic mass is 19.1. The maximum atomic E-state index is 12.6. The van der Waals surface area contributed by atoms with Crippen molar-refractivity contribution in [3.05, 3.63) is 35.9 Å². The molecule has 1 rings (SSSR count). The van der Waals surface area contributed by atoms with Crippen LogP contribution in [0.25, 0.3) is 0 Å². The van der Waals surface area contributed by atoms with Gasteiger partial charge in [0.25, 0.3) is 0 Å². The molecule has 6 heteroatoms. The number of nitrogens with one attached hydrogen (secondary N) is 1. The molecule has 0 atom stereocenters. The highest BCUT2D eigenvalue weighted by molar-refractivity contribution is 5.81. The molecule has 0 bridgehead atoms. The molecule has 5 nitrogen and oxygen atoms in total. The molecule has 0 aliphatic rings. The summed E-state index contributed by atoms with van der Waals surface area (Å²) < 4.78 is 12.6. The summed E-state index contributed by atoms with van der Waals surface area (Å²) in [7, 11) is 0. The standard InChI is InChI=1S/C12H15FN4O/c1-2-15-12(18)7-10(14)5-6-16-11-4-3-9(13)8-17-11/h3-6,8H,2,7,14H2,1H3,(H,15,18). The van der Waals surface area contributed by atoms with Gasteiger partial charge in [-0.15, -0.1) is 0 Å². The van der Waals surface area contributed by atoms with Gasteiger partial charge >= 0.3 is 0 Å². The minimum atomic E-state index is -0.416. The lowest BCUT2D eigenvalue weighted by Gasteiger charge is -2.00. The highest BCUT2D eigenvalue weighted by Gasteiger charge is 1.99. The molecule has 0 fully saturated rings. The third-order valence-corrected chi connectivity index (χ3v) is 1.95. The Kier molecular flexibility index (Phi) is 5.50. The van der Waals surface area contributed by atoms with Gasteiger partial charge in [0.15, 0.2) is 5.82 Å². The SMILES string of the molecule is CCNC(=O)CC(N)=CC=Nc1ccc(F)cn1. The number of nitrogens with zero attached hydrogens (tertiary/aromatic N) is 2. The van der Waals surface area contributed by atoms with Crippen LogP contribution in [0, 0.1) is 5.82 Å². The topological polar surface area (TPSA) is 80.4 Å². The maximum absolute atomic E-state index is 12.6. The van der Waals surface area contributed by atoms with E-state index in [1.165, 1.54) is 24.4 Å². The minimum absolute atomic E-state index is 0.122. The second kappa shape index (κ2) is 7.16. The zero-order valence-electron chi connectivity index (χ0n) is 10.1. The average Bonchev–Trinajstić information content (AvgIpc) is 2.32. The maximum Gasteiger partial charge on any atom is 0.225 e. The number of carbonyl (C=O) groups excluding carboxylic acids is 1. The Bertz CT molecular complexity index is 454. The van der Waals surface area contributed by atoms with Crippen LogP contribution in [0.1, 0.15) is 13.3 Å². The molecule has 0 saturated heterocycles. The second-order valence-electron chi connectivity index (χ2n) is 3.48. The Labute approximate surface area is 105 Å². The Morgan fingerprint density at radius 1 is 1.61 bits per heavy atom. The van der Waals surface area contributed by atoms with Crippen LogP contribution in [0.15, 0.2) is 35.1 Å². The van der Waals surface area contributed by atoms with Crippen LogP contribution < -0.4 is 11.1 Å². The van der Waals surface area contributed by atoms with Crippen molar-refractivity contribution in [1.29, 1.82) is 0 Å². The van der Waals surface area contributed by atoms with Gasteiger partial charge in [-0.3, -0.25) is 4.79 Å². The zero-order chi connectivity index (χ0) is 13.4. The summed E-state index contributed by atoms with van der Waals surface area (Å²) in [6, 6.07) is 2.71. The van der Waals surface area contributed by atoms with Crippen molar-refractivity contribution < 1.29 is 9.18 Å². The molecule has 3 N–H and O–H groups in total. The summed E-state index contributed by atoms with van der Waals surface area (Å²) in [6.45, 7) is 2.40. The van der Waals surface area contributed by atoms with Gasteiger partial charge in [-0.1, -0.05) is 0 Å². The Balaban J connectivity index is 2.52. The highest BCUT2D eigenvalue weighted by Crippen LogP contribution is 2.06. The molecule has 0 saturated carbocycles. The van der Waals surface area contributed by atoms with Gasteiger partial charge in [0, 0.05) is 18.5 Å². The summed E-state index contributed by atoms with van der Waals surface area (Å²) in [5, 5.41) is 2.63. The van der Waals surface area contributed by atoms with Crippen molar-refractivity contribution in [2.24, 2.45) is 10.7 Å². The van der Waals surface area contributed by atoms with Crippen molar-refractivity contribution in [2.45, 2.75) is 13.3 Å². The number of hydrogen-bond donors (Lipinski definition) is 2. The Morgan fingerprint density at radius 2 is 2.39 bits per heavy atom. The summed E-state index contributed by atoms with van der Waals surface area (Å²) in [5.41, 5.74) is 6.02. The van der Waals surface area contributed by atoms with Crippen LogP contribution in [-0.4, -0.2) is 23.7 Å². The predicted molar refractivity (Wildman–Crippen MR) is 67.9 cm³/mol. The molecule has 1 heterocycles. The lowest BCUT2D eigenvalue weighted by Crippen LogP contribution is -2.24. The van der Waals surface area contributed by atoms with Crippen LogP contribution in [0.4, 0.5) is 10.2 Å². The van der Waals surface area contributed by atoms with E-state index in [1.807, 2.05) is 6.92 Å². The van der Waals surface area contributed by atoms with Gasteiger partial charge in [-0.2, -0.15) is 0 Å². The van der Waals surface area contributed by atoms with E-state index in [0.717, 1.165) is 6.20 Å². The molecule has 0 aromatic carbocycles. The van der Waals surface area contributed by atoms with Gasteiger partial charge in [0.1, 0.15) is 5.82 Å². The first kappa shape index (κ1) is 13.8. The number of hydrogen-bond acceptors (Lipinski definition) is 4. The summed E-state index contributed by atoms with van der Waals surface area (Å²) in [5.74, 6) is -0.182. The summed E-state index contributed by atoms with van der Waals surface area (Å²) in [4.78, 5) is 18.9. The van der Waals surface area contributed by atoms with Gasteiger partial charge < -0.3 is 11.1 Å². The third kappa shape index (κ3) is 5.20. The van der Waals surface area contributed by atoms with Gasteiger partial charge in [-0.05, 0) is 25.1 Å². The van der Waals surface area contributed by atoms with Crippen molar-refractivity contribution >= 4 is 17.9 Å². The van der Waals surface area contributed by atoms with Gasteiger partial charge in [0.05, 0.1) is 12.6 Å². The predicted octanol–water partition coefficient (Wildman–Crippen LogP) is 1.29. The van der Waals surface area contributed by atoms with E-state index in [2.05, 4.69) is 15.3 Å². The second-order valence-corrected chi connectivity index (χ2v) is 3.48. The number of pyridine rings is 1. The first-order valence-corrected chi connectivity index (χ1v) is 5.48. The molecule has 18 heavy (non-hydrogen) atoms. The molecule has 1 aromatic heterocycles. The van der Waals surface area contributed by atoms with Crippen molar-refractivity contribution in [1.82, 2.24) is 10.3 Å². The van der Waals surface area contributed by atoms with E-state index in [-0.39, 0.29) is 12.3 Å². The van der Waals surface area contributed by atoms with Crippen molar-refractivity contribution in [2.75, 3.05) is 6.54 Å². The monoisotopic (exact) mass is 250 g/mol. The number of allylic oxidation sites excluding steroid dienone is 1. The first-order valence-electron chi connectivity index (χ1n) is 5.48. The molecule has 0 aliphatic carbocycles. The molecule has 1 amide bonds. The lowest BCUT2D eigenvalue weighted by atomic mass is 10.3. The van der Waals surface area contributed by atoms with Crippen LogP contribution in [0.5, 0.6) is 0 Å². The fourth-order valence-corrected chi connectivity index (χ4v) is 1.16. The molecular weight excluding hydrogens is 235 g/mol. The van der Waals surface area contributed by atoms with E-state index in [1.54, 1.807) is 0 Å². The summed E-state index contributed by atoms with van der Waals surface area (Å²) >= 11 is 0. The smallest absolute Gasteiger partial charge is 0.225 e. The first-order chi connectivity index (χ1) is 8.61. The number of nitrogens with two attached hydrogens (primary N) is 1. The molecule has 0 aliphatic heterocycles. The third-order valence-electron chi connectivity index (χ3n) is 1.95. The van der Waals surface area contributed by atoms with E-state index >= 15 is 0 Å². The fourth-order valence-electron chi connectivity index (χ4n) is 1.16. The number of aromatic nitrogens is 1. The Hall–Kier alpha value is -2.24. The minimum Gasteiger partial charge on any atom is -0.402 e. The largest absolute Gasteiger partial charge is 0.402 e. The van der Waals surface area contributed by atoms with Crippen LogP contribution >= 0.6 is 0 Å². The van der Waals surface area contributed by atoms with E-state index < -0.39 is 5.82 Å². The van der Waals surface area contributed by atoms with Crippen molar-refractivity contribution in [3.8, 4) is 0 Å². The normalized spacial score (nSPS) is 11.8. The van der Waals surface area contributed by atoms with E-state index in [9.17, 15) is 9.18 Å². The number of amides is 1. The Morgan fingerprint density at radius 3 is 3.00 bits per heavy atom. The molecule has 96 valence electrons. The quantitative estimate of drug-likeness (QED) is 0.773. The van der Waals surface area contributed by atoms with E-state index in [4.69, 9.17) is 5.73 Å². The molecule has 0 radical (unpaired) electrons. The van der Waals surface area contributed by atoms with Crippen LogP contribution in [0.2, 0.25) is 0 Å². The van der Waals surface area contributed by atoms with E-state index in [0.29, 0.717) is 18.1 Å². The average molecular weight is 250 g/mol. The number of halogens is 1. The number of aliphatic imine (C=N–C) groups is 1. The van der Waals surface area contributed by atoms with Crippen LogP contribution in [-0.2, 0) is 4.79 Å². The number of carbonyl (C=O) groups is 1. The van der Waals surface area contributed by atoms with Gasteiger partial charge in [0.2, 0.25) is 5.91 Å². The molecule has 0 unspecified atom stereocenters.